The van der Waals surface area contributed by atoms with Gasteiger partial charge in [0.15, 0.2) is 71.4 Å². The van der Waals surface area contributed by atoms with Crippen LogP contribution in [-0.2, 0) is 0 Å². The number of hydrogen-bond donors (Lipinski definition) is 0. The minimum atomic E-state index is -7.66. The van der Waals surface area contributed by atoms with E-state index in [0.717, 1.165) is 12.8 Å². The second-order valence-electron chi connectivity index (χ2n) is 16.2. The third kappa shape index (κ3) is 9.87. The van der Waals surface area contributed by atoms with E-state index in [1.54, 1.807) is 9.80 Å². The molecule has 0 saturated carbocycles. The van der Waals surface area contributed by atoms with Crippen molar-refractivity contribution in [1.29, 1.82) is 0 Å². The summed E-state index contributed by atoms with van der Waals surface area (Å²) in [6.07, 6.45) is -11.1. The highest BCUT2D eigenvalue weighted by Crippen LogP contribution is 2.55. The Hall–Kier alpha value is -6.02. The lowest BCUT2D eigenvalue weighted by atomic mass is 9.97. The highest BCUT2D eigenvalue weighted by molar-refractivity contribution is 5.75. The Morgan fingerprint density at radius 1 is 0.351 bits per heavy atom. The van der Waals surface area contributed by atoms with Gasteiger partial charge < -0.3 is 19.3 Å². The van der Waals surface area contributed by atoms with E-state index in [2.05, 4.69) is 29.4 Å². The van der Waals surface area contributed by atoms with Gasteiger partial charge in [-0.05, 0) is 38.5 Å². The normalized spacial score (nSPS) is 16.0. The number of benzene rings is 2. The minimum absolute atomic E-state index is 0.00895. The van der Waals surface area contributed by atoms with Gasteiger partial charge in [-0.25, -0.2) is 45.1 Å². The molecule has 0 aliphatic carbocycles. The summed E-state index contributed by atoms with van der Waals surface area (Å²) >= 11 is 0. The van der Waals surface area contributed by atoms with Gasteiger partial charge in [0.05, 0.1) is 28.3 Å². The SMILES string of the molecule is Fc1c(F)c(-c2c(F)c(F)c(-c3nc(N4CCCCC4)cc(N4CCCCC4)n3)c(F)c2F)c(F)c(F)c1-c1nc(OCC(F)(F)C(F)(F)C(F)(F)C(F)(F)F)cc(OCC(F)(F)C(F)(F)C(F)(F)C(F)(F)F)n1. The van der Waals surface area contributed by atoms with Gasteiger partial charge in [-0.3, -0.25) is 0 Å². The fourth-order valence-electron chi connectivity index (χ4n) is 7.19. The maximum atomic E-state index is 16.1. The third-order valence-corrected chi connectivity index (χ3v) is 11.2. The Balaban J connectivity index is 1.48. The van der Waals surface area contributed by atoms with Crippen LogP contribution in [0.1, 0.15) is 38.5 Å². The lowest BCUT2D eigenvalue weighted by molar-refractivity contribution is -0.398. The molecule has 34 heteroatoms. The topological polar surface area (TPSA) is 76.5 Å². The predicted octanol–water partition coefficient (Wildman–Crippen LogP) is 13.1. The standard InChI is InChI=1S/C40H26F26N6O2/c41-23-19(24(42)28(46)21(27(23)45)31-67-15(71-7-3-1-4-8-71)11-16(68-31)72-9-5-2-6-10-72)20-25(43)29(47)22(30(48)26(20)44)32-69-17(73-13-33(49,50)35(53,54)37(57,58)39(61,62)63)12-18(70-32)74-14-34(51,52)36(55,56)38(59,60)40(64,65)66/h11-12H,1-10,13-14H2. The van der Waals surface area contributed by atoms with E-state index in [9.17, 15) is 79.0 Å². The fraction of sp³-hybridized carbons (Fsp3) is 0.500. The molecule has 0 N–H and O–H groups in total. The van der Waals surface area contributed by atoms with Crippen LogP contribution in [0.3, 0.4) is 0 Å². The van der Waals surface area contributed by atoms with Crippen molar-refractivity contribution >= 4 is 11.6 Å². The summed E-state index contributed by atoms with van der Waals surface area (Å²) in [7, 11) is 0. The van der Waals surface area contributed by atoms with E-state index < -0.39 is 159 Å². The van der Waals surface area contributed by atoms with E-state index in [0.29, 0.717) is 51.9 Å². The van der Waals surface area contributed by atoms with Crippen LogP contribution < -0.4 is 19.3 Å². The average molecular weight is 1120 g/mol. The minimum Gasteiger partial charge on any atom is -0.471 e. The zero-order chi connectivity index (χ0) is 55.7. The zero-order valence-electron chi connectivity index (χ0n) is 36.0. The van der Waals surface area contributed by atoms with Crippen LogP contribution in [0.2, 0.25) is 0 Å². The van der Waals surface area contributed by atoms with Crippen molar-refractivity contribution in [3.05, 3.63) is 58.7 Å². The summed E-state index contributed by atoms with van der Waals surface area (Å²) in [5.74, 6) is -75.9. The molecule has 4 heterocycles. The molecule has 0 radical (unpaired) electrons. The van der Waals surface area contributed by atoms with Gasteiger partial charge in [0, 0.05) is 32.2 Å². The van der Waals surface area contributed by atoms with Crippen molar-refractivity contribution in [1.82, 2.24) is 19.9 Å². The van der Waals surface area contributed by atoms with Crippen LogP contribution in [0.25, 0.3) is 33.9 Å². The largest absolute Gasteiger partial charge is 0.471 e. The van der Waals surface area contributed by atoms with Crippen molar-refractivity contribution in [3.63, 3.8) is 0 Å². The Kier molecular flexibility index (Phi) is 15.2. The molecule has 2 aliphatic rings. The first kappa shape index (κ1) is 57.3. The molecular weight excluding hydrogens is 1090 g/mol. The molecule has 0 bridgehead atoms. The van der Waals surface area contributed by atoms with Crippen LogP contribution >= 0.6 is 0 Å². The van der Waals surface area contributed by atoms with Gasteiger partial charge in [-0.2, -0.15) is 89.0 Å². The number of anilines is 2. The lowest BCUT2D eigenvalue weighted by Crippen LogP contribution is -2.62. The van der Waals surface area contributed by atoms with Gasteiger partial charge in [-0.1, -0.05) is 0 Å². The molecule has 0 atom stereocenters. The quantitative estimate of drug-likeness (QED) is 0.0861. The fourth-order valence-corrected chi connectivity index (χ4v) is 7.19. The first-order valence-electron chi connectivity index (χ1n) is 20.5. The van der Waals surface area contributed by atoms with E-state index in [1.807, 2.05) is 0 Å². The second-order valence-corrected chi connectivity index (χ2v) is 16.2. The molecule has 0 amide bonds. The zero-order valence-corrected chi connectivity index (χ0v) is 36.0. The molecule has 2 aliphatic heterocycles. The van der Waals surface area contributed by atoms with Gasteiger partial charge in [0.25, 0.3) is 0 Å². The Labute approximate surface area is 395 Å². The number of rotatable bonds is 15. The summed E-state index contributed by atoms with van der Waals surface area (Å²) in [5, 5.41) is 0. The van der Waals surface area contributed by atoms with Gasteiger partial charge in [0.1, 0.15) is 11.6 Å². The van der Waals surface area contributed by atoms with Gasteiger partial charge in [-0.15, -0.1) is 0 Å². The van der Waals surface area contributed by atoms with Crippen molar-refractivity contribution in [2.24, 2.45) is 0 Å². The summed E-state index contributed by atoms with van der Waals surface area (Å²) in [6.45, 7) is -5.80. The number of aromatic nitrogens is 4. The van der Waals surface area contributed by atoms with Crippen LogP contribution in [-0.4, -0.2) is 107 Å². The number of ether oxygens (including phenoxy) is 2. The molecule has 8 nitrogen and oxygen atoms in total. The number of alkyl halides is 18. The smallest absolute Gasteiger partial charge is 0.460 e. The molecular formula is C40H26F26N6O2. The summed E-state index contributed by atoms with van der Waals surface area (Å²) < 4.78 is 378. The van der Waals surface area contributed by atoms with Crippen LogP contribution in [0.15, 0.2) is 12.1 Å². The molecule has 2 aromatic carbocycles. The second kappa shape index (κ2) is 19.6. The van der Waals surface area contributed by atoms with Gasteiger partial charge >= 0.3 is 47.9 Å². The molecule has 74 heavy (non-hydrogen) atoms. The monoisotopic (exact) mass is 1120 g/mol. The van der Waals surface area contributed by atoms with Crippen molar-refractivity contribution in [2.45, 2.75) is 86.4 Å². The maximum Gasteiger partial charge on any atom is 0.460 e. The molecule has 2 saturated heterocycles. The number of piperidine rings is 2. The molecule has 6 rings (SSSR count). The van der Waals surface area contributed by atoms with E-state index in [-0.39, 0.29) is 11.6 Å². The van der Waals surface area contributed by atoms with E-state index >= 15 is 35.1 Å². The lowest BCUT2D eigenvalue weighted by Gasteiger charge is -2.33. The van der Waals surface area contributed by atoms with Crippen LogP contribution in [0.5, 0.6) is 11.8 Å². The molecule has 410 valence electrons. The predicted molar refractivity (Wildman–Crippen MR) is 199 cm³/mol. The summed E-state index contributed by atoms with van der Waals surface area (Å²) in [6, 6.07) is 0.739. The Morgan fingerprint density at radius 3 is 0.905 bits per heavy atom. The molecule has 0 unspecified atom stereocenters. The number of hydrogen-bond acceptors (Lipinski definition) is 8. The van der Waals surface area contributed by atoms with E-state index in [4.69, 9.17) is 0 Å². The molecule has 0 spiro atoms. The maximum absolute atomic E-state index is 16.1. The first-order valence-corrected chi connectivity index (χ1v) is 20.5. The van der Waals surface area contributed by atoms with Crippen LogP contribution in [0, 0.1) is 46.5 Å². The first-order chi connectivity index (χ1) is 33.8. The highest BCUT2D eigenvalue weighted by atomic mass is 19.4. The van der Waals surface area contributed by atoms with Crippen LogP contribution in [0.4, 0.5) is 126 Å². The molecule has 2 fully saturated rings. The molecule has 2 aromatic heterocycles. The summed E-state index contributed by atoms with van der Waals surface area (Å²) in [4.78, 5) is 16.6. The average Bonchev–Trinajstić information content (AvgIpc) is 3.32. The van der Waals surface area contributed by atoms with Crippen molar-refractivity contribution in [3.8, 4) is 45.7 Å². The number of halogens is 26. The van der Waals surface area contributed by atoms with Gasteiger partial charge in [0.2, 0.25) is 11.8 Å². The Bertz CT molecular complexity index is 2590. The Morgan fingerprint density at radius 2 is 0.622 bits per heavy atom. The summed E-state index contributed by atoms with van der Waals surface area (Å²) in [5.41, 5.74) is -9.75. The highest BCUT2D eigenvalue weighted by Gasteiger charge is 2.83. The van der Waals surface area contributed by atoms with E-state index in [1.165, 1.54) is 6.07 Å². The van der Waals surface area contributed by atoms with Crippen molar-refractivity contribution < 1.29 is 124 Å². The number of nitrogens with zero attached hydrogens (tertiary/aromatic N) is 6. The third-order valence-electron chi connectivity index (χ3n) is 11.2. The van der Waals surface area contributed by atoms with Crippen molar-refractivity contribution in [2.75, 3.05) is 49.2 Å². The molecule has 4 aromatic rings.